The van der Waals surface area contributed by atoms with E-state index in [2.05, 4.69) is 54.5 Å². The summed E-state index contributed by atoms with van der Waals surface area (Å²) in [4.78, 5) is 20.3. The first-order valence-electron chi connectivity index (χ1n) is 16.1. The highest BCUT2D eigenvalue weighted by Crippen LogP contribution is 2.31. The van der Waals surface area contributed by atoms with Crippen molar-refractivity contribution >= 4 is 6.09 Å². The van der Waals surface area contributed by atoms with Gasteiger partial charge in [0, 0.05) is 50.8 Å². The van der Waals surface area contributed by atoms with Crippen LogP contribution in [0.25, 0.3) is 0 Å². The highest BCUT2D eigenvalue weighted by atomic mass is 19.1. The van der Waals surface area contributed by atoms with E-state index in [-0.39, 0.29) is 24.0 Å². The highest BCUT2D eigenvalue weighted by Gasteiger charge is 2.34. The summed E-state index contributed by atoms with van der Waals surface area (Å²) in [5, 5.41) is 0. The summed E-state index contributed by atoms with van der Waals surface area (Å²) in [6.07, 6.45) is 20.1. The summed E-state index contributed by atoms with van der Waals surface area (Å²) >= 11 is 0. The number of nitrogens with zero attached hydrogens (tertiary/aromatic N) is 3. The molecule has 1 saturated carbocycles. The van der Waals surface area contributed by atoms with Gasteiger partial charge in [0.25, 0.3) is 0 Å². The zero-order valence-corrected chi connectivity index (χ0v) is 26.1. The molecular weight excluding hydrogens is 525 g/mol. The molecule has 0 bridgehead atoms. The molecule has 42 heavy (non-hydrogen) atoms. The number of likely N-dealkylation sites (tertiary alicyclic amines) is 1. The predicted molar refractivity (Wildman–Crippen MR) is 171 cm³/mol. The number of benzene rings is 1. The zero-order valence-electron chi connectivity index (χ0n) is 26.1. The molecule has 230 valence electrons. The van der Waals surface area contributed by atoms with Crippen LogP contribution in [0.2, 0.25) is 0 Å². The Balaban J connectivity index is 0.000000437. The largest absolute Gasteiger partial charge is 0.448 e. The van der Waals surface area contributed by atoms with Crippen molar-refractivity contribution < 1.29 is 13.9 Å². The van der Waals surface area contributed by atoms with E-state index in [1.807, 2.05) is 17.9 Å². The van der Waals surface area contributed by atoms with Crippen LogP contribution in [0.1, 0.15) is 70.8 Å². The van der Waals surface area contributed by atoms with Crippen LogP contribution in [0, 0.1) is 18.7 Å². The molecule has 1 aromatic rings. The van der Waals surface area contributed by atoms with Crippen LogP contribution in [-0.4, -0.2) is 78.2 Å². The van der Waals surface area contributed by atoms with Gasteiger partial charge in [-0.15, -0.1) is 6.58 Å². The van der Waals surface area contributed by atoms with Crippen molar-refractivity contribution in [2.24, 2.45) is 5.92 Å². The molecule has 2 aliphatic heterocycles. The van der Waals surface area contributed by atoms with E-state index >= 15 is 0 Å². The number of halogens is 1. The van der Waals surface area contributed by atoms with E-state index in [0.29, 0.717) is 12.6 Å². The van der Waals surface area contributed by atoms with Crippen LogP contribution < -0.4 is 0 Å². The number of carbonyl (C=O) groups is 1. The Morgan fingerprint density at radius 1 is 1.07 bits per heavy atom. The Hall–Kier alpha value is -2.70. The second-order valence-corrected chi connectivity index (χ2v) is 12.6. The van der Waals surface area contributed by atoms with Crippen molar-refractivity contribution in [2.45, 2.75) is 90.3 Å². The Morgan fingerprint density at radius 3 is 2.57 bits per heavy atom. The molecule has 0 spiro atoms. The molecular formula is C36H52FN3O2. The highest BCUT2D eigenvalue weighted by molar-refractivity contribution is 5.68. The normalized spacial score (nSPS) is 25.3. The summed E-state index contributed by atoms with van der Waals surface area (Å²) in [6.45, 7) is 15.8. The van der Waals surface area contributed by atoms with Gasteiger partial charge >= 0.3 is 6.09 Å². The molecule has 0 radical (unpaired) electrons. The van der Waals surface area contributed by atoms with Gasteiger partial charge in [-0.1, -0.05) is 53.6 Å². The maximum absolute atomic E-state index is 13.2. The standard InChI is InChI=1S/C29H45N3O2.C7H7F/c1-4-5-17-32-27(10-7-11-28(32)26-9-6-8-23(2)12-15-26)22-34-29(33)31-20-19-30(18-16-24(31)3)21-25-13-14-25;1-6-2-4-7(8)5-3-6/h4,6,8-9,15,24-25,27-28H,1,5,7,10-14,16-22H2,2-3H3;2-5H,1H3/t24?,27-,28+;/m1./s1. The fourth-order valence-corrected chi connectivity index (χ4v) is 6.24. The van der Waals surface area contributed by atoms with Gasteiger partial charge in [-0.25, -0.2) is 9.18 Å². The zero-order chi connectivity index (χ0) is 29.9. The number of hydrogen-bond acceptors (Lipinski definition) is 4. The molecule has 2 heterocycles. The van der Waals surface area contributed by atoms with Gasteiger partial charge < -0.3 is 14.5 Å². The number of hydrogen-bond donors (Lipinski definition) is 0. The second kappa shape index (κ2) is 16.2. The monoisotopic (exact) mass is 577 g/mol. The first-order valence-corrected chi connectivity index (χ1v) is 16.1. The lowest BCUT2D eigenvalue weighted by Crippen LogP contribution is -2.50. The van der Waals surface area contributed by atoms with E-state index in [1.165, 1.54) is 49.1 Å². The molecule has 5 nitrogen and oxygen atoms in total. The lowest BCUT2D eigenvalue weighted by molar-refractivity contribution is 0.0299. The summed E-state index contributed by atoms with van der Waals surface area (Å²) in [5.74, 6) is 0.725. The Labute approximate surface area is 253 Å². The lowest BCUT2D eigenvalue weighted by Gasteiger charge is -2.43. The number of ether oxygens (including phenoxy) is 1. The van der Waals surface area contributed by atoms with Crippen molar-refractivity contribution in [1.82, 2.24) is 14.7 Å². The first-order chi connectivity index (χ1) is 20.3. The average Bonchev–Trinajstić information content (AvgIpc) is 3.84. The predicted octanol–water partition coefficient (Wildman–Crippen LogP) is 7.70. The molecule has 0 N–H and O–H groups in total. The second-order valence-electron chi connectivity index (χ2n) is 12.6. The minimum absolute atomic E-state index is 0.125. The Bertz CT molecular complexity index is 1090. The van der Waals surface area contributed by atoms with Gasteiger partial charge in [0.1, 0.15) is 12.4 Å². The third-order valence-corrected chi connectivity index (χ3v) is 9.10. The van der Waals surface area contributed by atoms with Crippen LogP contribution in [0.3, 0.4) is 0 Å². The SMILES string of the molecule is C=CCCN1[C@@H](COC(=O)N2CCN(CC3CC3)CCC2C)CCC[C@H]1C1=CCC(C)=CC=C1.Cc1ccc(F)cc1. The third kappa shape index (κ3) is 9.95. The average molecular weight is 578 g/mol. The minimum Gasteiger partial charge on any atom is -0.448 e. The quantitative estimate of drug-likeness (QED) is 0.297. The molecule has 3 fully saturated rings. The van der Waals surface area contributed by atoms with E-state index in [4.69, 9.17) is 4.74 Å². The van der Waals surface area contributed by atoms with Crippen molar-refractivity contribution in [3.8, 4) is 0 Å². The summed E-state index contributed by atoms with van der Waals surface area (Å²) in [5.41, 5.74) is 3.89. The van der Waals surface area contributed by atoms with Crippen LogP contribution in [0.15, 0.2) is 72.4 Å². The third-order valence-electron chi connectivity index (χ3n) is 9.10. The van der Waals surface area contributed by atoms with Crippen molar-refractivity contribution in [3.63, 3.8) is 0 Å². The van der Waals surface area contributed by atoms with Crippen LogP contribution >= 0.6 is 0 Å². The Morgan fingerprint density at radius 2 is 1.86 bits per heavy atom. The molecule has 3 atom stereocenters. The number of piperidine rings is 1. The van der Waals surface area contributed by atoms with Gasteiger partial charge in [-0.3, -0.25) is 4.90 Å². The molecule has 1 unspecified atom stereocenters. The number of allylic oxidation sites excluding steroid dienone is 4. The van der Waals surface area contributed by atoms with Gasteiger partial charge in [-0.05, 0) is 95.8 Å². The Kier molecular flexibility index (Phi) is 12.4. The van der Waals surface area contributed by atoms with Crippen LogP contribution in [0.5, 0.6) is 0 Å². The smallest absolute Gasteiger partial charge is 0.410 e. The summed E-state index contributed by atoms with van der Waals surface area (Å²) in [6, 6.07) is 7.30. The van der Waals surface area contributed by atoms with Gasteiger partial charge in [0.15, 0.2) is 0 Å². The molecule has 4 aliphatic rings. The number of rotatable bonds is 8. The minimum atomic E-state index is -0.171. The van der Waals surface area contributed by atoms with E-state index in [9.17, 15) is 9.18 Å². The van der Waals surface area contributed by atoms with E-state index in [1.54, 1.807) is 12.1 Å². The van der Waals surface area contributed by atoms with Crippen molar-refractivity contribution in [1.29, 1.82) is 0 Å². The van der Waals surface area contributed by atoms with E-state index in [0.717, 1.165) is 69.8 Å². The van der Waals surface area contributed by atoms with Gasteiger partial charge in [0.2, 0.25) is 0 Å². The maximum Gasteiger partial charge on any atom is 0.410 e. The number of amides is 1. The topological polar surface area (TPSA) is 36.0 Å². The molecule has 1 aromatic carbocycles. The molecule has 0 aromatic heterocycles. The summed E-state index contributed by atoms with van der Waals surface area (Å²) < 4.78 is 18.1. The molecule has 5 rings (SSSR count). The molecule has 2 saturated heterocycles. The fourth-order valence-electron chi connectivity index (χ4n) is 6.24. The van der Waals surface area contributed by atoms with Crippen molar-refractivity contribution in [2.75, 3.05) is 39.3 Å². The van der Waals surface area contributed by atoms with Gasteiger partial charge in [-0.2, -0.15) is 0 Å². The first kappa shape index (κ1) is 32.2. The van der Waals surface area contributed by atoms with Crippen molar-refractivity contribution in [3.05, 3.63) is 83.8 Å². The van der Waals surface area contributed by atoms with E-state index < -0.39 is 0 Å². The fraction of sp³-hybridized carbons (Fsp3) is 0.583. The molecule has 6 heteroatoms. The number of carbonyl (C=O) groups excluding carboxylic acids is 1. The maximum atomic E-state index is 13.2. The van der Waals surface area contributed by atoms with Gasteiger partial charge in [0.05, 0.1) is 0 Å². The molecule has 1 amide bonds. The lowest BCUT2D eigenvalue weighted by atomic mass is 9.90. The van der Waals surface area contributed by atoms with Crippen LogP contribution in [0.4, 0.5) is 9.18 Å². The molecule has 2 aliphatic carbocycles. The van der Waals surface area contributed by atoms with Crippen LogP contribution in [-0.2, 0) is 4.74 Å². The number of aryl methyl sites for hydroxylation is 1. The summed E-state index contributed by atoms with van der Waals surface area (Å²) in [7, 11) is 0.